The van der Waals surface area contributed by atoms with Gasteiger partial charge in [0.25, 0.3) is 0 Å². The van der Waals surface area contributed by atoms with Crippen LogP contribution in [0.3, 0.4) is 0 Å². The van der Waals surface area contributed by atoms with E-state index in [1.165, 1.54) is 0 Å². The average molecular weight is 458 g/mol. The molecule has 4 nitrogen and oxygen atoms in total. The Morgan fingerprint density at radius 1 is 1.21 bits per heavy atom. The van der Waals surface area contributed by atoms with E-state index >= 15 is 0 Å². The van der Waals surface area contributed by atoms with Gasteiger partial charge in [-0.2, -0.15) is 13.2 Å². The van der Waals surface area contributed by atoms with Crippen LogP contribution in [0.4, 0.5) is 18.9 Å². The minimum atomic E-state index is -4.17. The third kappa shape index (κ3) is 8.60. The van der Waals surface area contributed by atoms with Crippen LogP contribution in [0, 0.1) is 6.92 Å². The van der Waals surface area contributed by atoms with Gasteiger partial charge in [-0.25, -0.2) is 4.99 Å². The lowest BCUT2D eigenvalue weighted by Crippen LogP contribution is -2.38. The van der Waals surface area contributed by atoms with E-state index in [2.05, 4.69) is 21.7 Å². The van der Waals surface area contributed by atoms with Gasteiger partial charge in [0.05, 0.1) is 13.0 Å². The maximum atomic E-state index is 12.2. The summed E-state index contributed by atoms with van der Waals surface area (Å²) in [6.45, 7) is 4.69. The Labute approximate surface area is 158 Å². The minimum absolute atomic E-state index is 0. The van der Waals surface area contributed by atoms with Crippen molar-refractivity contribution in [2.24, 2.45) is 4.99 Å². The second kappa shape index (κ2) is 10.6. The Hall–Kier alpha value is -1.19. The summed E-state index contributed by atoms with van der Waals surface area (Å²) < 4.78 is 36.6. The second-order valence-electron chi connectivity index (χ2n) is 5.51. The molecule has 0 aliphatic rings. The fraction of sp³-hybridized carbons (Fsp3) is 0.562. The molecule has 0 heterocycles. The Bertz CT molecular complexity index is 531. The van der Waals surface area contributed by atoms with Crippen LogP contribution in [0.5, 0.6) is 0 Å². The lowest BCUT2D eigenvalue weighted by atomic mass is 10.1. The van der Waals surface area contributed by atoms with Crippen LogP contribution < -0.4 is 15.5 Å². The lowest BCUT2D eigenvalue weighted by Gasteiger charge is -2.18. The number of halogens is 4. The number of nitrogens with zero attached hydrogens (tertiary/aromatic N) is 2. The standard InChI is InChI=1S/C16H25F3N4.HI/c1-5-20-15(21-9-8-16(17,18)19)22-11-13-7-6-12(2)10-14(13)23(3)4;/h6-7,10H,5,8-9,11H2,1-4H3,(H2,20,21,22);1H. The molecule has 0 fully saturated rings. The van der Waals surface area contributed by atoms with Gasteiger partial charge in [-0.15, -0.1) is 24.0 Å². The Morgan fingerprint density at radius 2 is 1.88 bits per heavy atom. The molecule has 1 rings (SSSR count). The van der Waals surface area contributed by atoms with E-state index in [0.29, 0.717) is 19.0 Å². The number of guanidine groups is 1. The summed E-state index contributed by atoms with van der Waals surface area (Å²) in [5.74, 6) is 0.391. The zero-order chi connectivity index (χ0) is 17.5. The first-order valence-corrected chi connectivity index (χ1v) is 7.58. The van der Waals surface area contributed by atoms with Crippen molar-refractivity contribution in [2.45, 2.75) is 33.0 Å². The SMILES string of the molecule is CCNC(=NCc1ccc(C)cc1N(C)C)NCCC(F)(F)F.I. The highest BCUT2D eigenvalue weighted by molar-refractivity contribution is 14.0. The van der Waals surface area contributed by atoms with Crippen molar-refractivity contribution in [1.82, 2.24) is 10.6 Å². The van der Waals surface area contributed by atoms with Crippen LogP contribution >= 0.6 is 24.0 Å². The maximum Gasteiger partial charge on any atom is 0.390 e. The predicted octanol–water partition coefficient (Wildman–Crippen LogP) is 3.69. The number of rotatable bonds is 6. The second-order valence-corrected chi connectivity index (χ2v) is 5.51. The number of nitrogens with one attached hydrogen (secondary N) is 2. The molecule has 0 aliphatic heterocycles. The van der Waals surface area contributed by atoms with E-state index < -0.39 is 12.6 Å². The van der Waals surface area contributed by atoms with Crippen LogP contribution in [0.15, 0.2) is 23.2 Å². The molecule has 0 saturated carbocycles. The molecule has 0 radical (unpaired) electrons. The van der Waals surface area contributed by atoms with Crippen molar-refractivity contribution in [3.8, 4) is 0 Å². The molecule has 0 unspecified atom stereocenters. The highest BCUT2D eigenvalue weighted by Crippen LogP contribution is 2.21. The van der Waals surface area contributed by atoms with Gasteiger partial charge in [-0.1, -0.05) is 12.1 Å². The number of anilines is 1. The first-order chi connectivity index (χ1) is 10.7. The Morgan fingerprint density at radius 3 is 2.42 bits per heavy atom. The molecule has 1 aromatic rings. The molecule has 1 aromatic carbocycles. The number of benzene rings is 1. The normalized spacial score (nSPS) is 11.7. The Kier molecular flexibility index (Phi) is 10.1. The largest absolute Gasteiger partial charge is 0.390 e. The summed E-state index contributed by atoms with van der Waals surface area (Å²) >= 11 is 0. The highest BCUT2D eigenvalue weighted by atomic mass is 127. The van der Waals surface area contributed by atoms with Gasteiger partial charge in [0.1, 0.15) is 0 Å². The molecule has 8 heteroatoms. The van der Waals surface area contributed by atoms with Gasteiger partial charge in [0.2, 0.25) is 0 Å². The van der Waals surface area contributed by atoms with Crippen LogP contribution in [-0.4, -0.2) is 39.3 Å². The molecular formula is C16H26F3IN4. The third-order valence-electron chi connectivity index (χ3n) is 3.18. The number of aliphatic imine (C=N–C) groups is 1. The molecule has 0 spiro atoms. The fourth-order valence-corrected chi connectivity index (χ4v) is 2.05. The fourth-order valence-electron chi connectivity index (χ4n) is 2.05. The number of hydrogen-bond acceptors (Lipinski definition) is 2. The van der Waals surface area contributed by atoms with Crippen molar-refractivity contribution < 1.29 is 13.2 Å². The first-order valence-electron chi connectivity index (χ1n) is 7.58. The van der Waals surface area contributed by atoms with Gasteiger partial charge < -0.3 is 15.5 Å². The molecule has 0 atom stereocenters. The van der Waals surface area contributed by atoms with E-state index in [-0.39, 0.29) is 30.5 Å². The number of aryl methyl sites for hydroxylation is 1. The molecule has 0 aliphatic carbocycles. The van der Waals surface area contributed by atoms with Crippen LogP contribution in [0.1, 0.15) is 24.5 Å². The van der Waals surface area contributed by atoms with Crippen molar-refractivity contribution in [3.63, 3.8) is 0 Å². The molecule has 2 N–H and O–H groups in total. The predicted molar refractivity (Wildman–Crippen MR) is 104 cm³/mol. The van der Waals surface area contributed by atoms with Gasteiger partial charge >= 0.3 is 6.18 Å². The van der Waals surface area contributed by atoms with Crippen molar-refractivity contribution in [1.29, 1.82) is 0 Å². The molecule has 24 heavy (non-hydrogen) atoms. The van der Waals surface area contributed by atoms with Crippen molar-refractivity contribution in [2.75, 3.05) is 32.1 Å². The Balaban J connectivity index is 0.00000529. The molecular weight excluding hydrogens is 432 g/mol. The van der Waals surface area contributed by atoms with E-state index in [1.54, 1.807) is 0 Å². The summed E-state index contributed by atoms with van der Waals surface area (Å²) in [5, 5.41) is 5.67. The number of alkyl halides is 3. The summed E-state index contributed by atoms with van der Waals surface area (Å²) in [5.41, 5.74) is 3.23. The lowest BCUT2D eigenvalue weighted by molar-refractivity contribution is -0.132. The molecule has 0 bridgehead atoms. The van der Waals surface area contributed by atoms with Gasteiger partial charge in [-0.05, 0) is 31.0 Å². The first kappa shape index (κ1) is 22.8. The highest BCUT2D eigenvalue weighted by Gasteiger charge is 2.26. The van der Waals surface area contributed by atoms with E-state index in [9.17, 15) is 13.2 Å². The van der Waals surface area contributed by atoms with Crippen LogP contribution in [0.2, 0.25) is 0 Å². The number of hydrogen-bond donors (Lipinski definition) is 2. The summed E-state index contributed by atoms with van der Waals surface area (Å²) in [4.78, 5) is 6.38. The smallest absolute Gasteiger partial charge is 0.377 e. The summed E-state index contributed by atoms with van der Waals surface area (Å²) in [7, 11) is 3.91. The molecule has 0 aromatic heterocycles. The van der Waals surface area contributed by atoms with Crippen LogP contribution in [-0.2, 0) is 6.54 Å². The van der Waals surface area contributed by atoms with Crippen LogP contribution in [0.25, 0.3) is 0 Å². The molecule has 0 saturated heterocycles. The van der Waals surface area contributed by atoms with Gasteiger partial charge in [-0.3, -0.25) is 0 Å². The van der Waals surface area contributed by atoms with E-state index in [0.717, 1.165) is 16.8 Å². The zero-order valence-electron chi connectivity index (χ0n) is 14.5. The minimum Gasteiger partial charge on any atom is -0.377 e. The van der Waals surface area contributed by atoms with Crippen molar-refractivity contribution in [3.05, 3.63) is 29.3 Å². The monoisotopic (exact) mass is 458 g/mol. The average Bonchev–Trinajstić information content (AvgIpc) is 2.44. The van der Waals surface area contributed by atoms with Crippen molar-refractivity contribution >= 4 is 35.6 Å². The third-order valence-corrected chi connectivity index (χ3v) is 3.18. The topological polar surface area (TPSA) is 39.7 Å². The van der Waals surface area contributed by atoms with E-state index in [1.807, 2.05) is 45.0 Å². The maximum absolute atomic E-state index is 12.2. The molecule has 138 valence electrons. The zero-order valence-corrected chi connectivity index (χ0v) is 16.8. The quantitative estimate of drug-likeness (QED) is 0.388. The summed E-state index contributed by atoms with van der Waals surface area (Å²) in [6, 6.07) is 6.06. The summed E-state index contributed by atoms with van der Waals surface area (Å²) in [6.07, 6.45) is -5.05. The molecule has 0 amide bonds. The van der Waals surface area contributed by atoms with Gasteiger partial charge in [0, 0.05) is 32.9 Å². The van der Waals surface area contributed by atoms with Gasteiger partial charge in [0.15, 0.2) is 5.96 Å². The van der Waals surface area contributed by atoms with E-state index in [4.69, 9.17) is 0 Å².